The molecule has 1 aromatic heterocycles. The van der Waals surface area contributed by atoms with Crippen LogP contribution >= 0.6 is 0 Å². The maximum absolute atomic E-state index is 13.7. The first kappa shape index (κ1) is 20.3. The van der Waals surface area contributed by atoms with Crippen LogP contribution in [0.15, 0.2) is 66.7 Å². The van der Waals surface area contributed by atoms with Crippen molar-refractivity contribution in [2.45, 2.75) is 12.5 Å². The number of para-hydroxylation sites is 1. The van der Waals surface area contributed by atoms with Gasteiger partial charge in [-0.3, -0.25) is 9.80 Å². The van der Waals surface area contributed by atoms with E-state index in [1.54, 1.807) is 29.9 Å². The molecule has 0 aliphatic carbocycles. The summed E-state index contributed by atoms with van der Waals surface area (Å²) < 4.78 is 25.7. The molecule has 1 aliphatic rings. The number of nitrogens with zero attached hydrogens (tertiary/aromatic N) is 4. The predicted molar refractivity (Wildman–Crippen MR) is 116 cm³/mol. The molecule has 0 bridgehead atoms. The molecule has 8 heteroatoms. The fourth-order valence-electron chi connectivity index (χ4n) is 3.81. The molecule has 156 valence electrons. The molecule has 1 saturated heterocycles. The summed E-state index contributed by atoms with van der Waals surface area (Å²) in [5.74, 6) is -0.203. The van der Waals surface area contributed by atoms with E-state index in [0.717, 1.165) is 11.3 Å². The van der Waals surface area contributed by atoms with Gasteiger partial charge in [-0.05, 0) is 24.6 Å². The van der Waals surface area contributed by atoms with E-state index in [9.17, 15) is 13.2 Å². The number of amides is 1. The van der Waals surface area contributed by atoms with E-state index in [0.29, 0.717) is 17.8 Å². The second kappa shape index (κ2) is 8.04. The second-order valence-corrected chi connectivity index (χ2v) is 9.81. The number of hydrazine groups is 1. The van der Waals surface area contributed by atoms with Crippen LogP contribution in [0.1, 0.15) is 16.9 Å². The summed E-state index contributed by atoms with van der Waals surface area (Å²) in [6.07, 6.45) is 0.428. The van der Waals surface area contributed by atoms with Gasteiger partial charge in [-0.25, -0.2) is 18.1 Å². The summed E-state index contributed by atoms with van der Waals surface area (Å²) >= 11 is 0. The van der Waals surface area contributed by atoms with E-state index in [2.05, 4.69) is 0 Å². The van der Waals surface area contributed by atoms with Crippen LogP contribution in [0.4, 0.5) is 0 Å². The Labute approximate surface area is 176 Å². The molecule has 0 N–H and O–H groups in total. The van der Waals surface area contributed by atoms with Crippen LogP contribution < -0.4 is 0 Å². The number of carbonyl (C=O) groups excluding carboxylic acids is 1. The fourth-order valence-corrected chi connectivity index (χ4v) is 5.50. The first-order valence-corrected chi connectivity index (χ1v) is 11.6. The first-order valence-electron chi connectivity index (χ1n) is 9.78. The van der Waals surface area contributed by atoms with E-state index in [-0.39, 0.29) is 17.4 Å². The average Bonchev–Trinajstić information content (AvgIpc) is 3.33. The molecule has 1 fully saturated rings. The van der Waals surface area contributed by atoms with Crippen LogP contribution in [0.25, 0.3) is 16.9 Å². The lowest BCUT2D eigenvalue weighted by atomic mass is 10.1. The Balaban J connectivity index is 1.79. The van der Waals surface area contributed by atoms with Crippen molar-refractivity contribution in [3.63, 3.8) is 0 Å². The van der Waals surface area contributed by atoms with Crippen LogP contribution in [-0.4, -0.2) is 65.8 Å². The van der Waals surface area contributed by atoms with Gasteiger partial charge in [0.15, 0.2) is 9.84 Å². The van der Waals surface area contributed by atoms with Crippen molar-refractivity contribution in [1.82, 2.24) is 19.8 Å². The summed E-state index contributed by atoms with van der Waals surface area (Å²) in [6, 6.07) is 20.5. The molecule has 4 rings (SSSR count). The van der Waals surface area contributed by atoms with Crippen LogP contribution in [0.3, 0.4) is 0 Å². The summed E-state index contributed by atoms with van der Waals surface area (Å²) in [5, 5.41) is 7.90. The minimum absolute atomic E-state index is 0.0259. The quantitative estimate of drug-likeness (QED) is 0.589. The minimum atomic E-state index is -3.13. The van der Waals surface area contributed by atoms with Gasteiger partial charge in [-0.1, -0.05) is 48.5 Å². The van der Waals surface area contributed by atoms with Gasteiger partial charge in [0, 0.05) is 19.7 Å². The average molecular weight is 425 g/mol. The maximum Gasteiger partial charge on any atom is 0.287 e. The smallest absolute Gasteiger partial charge is 0.266 e. The minimum Gasteiger partial charge on any atom is -0.266 e. The Hall–Kier alpha value is -2.97. The molecule has 2 aromatic carbocycles. The highest BCUT2D eigenvalue weighted by atomic mass is 32.2. The zero-order valence-electron chi connectivity index (χ0n) is 17.0. The summed E-state index contributed by atoms with van der Waals surface area (Å²) in [7, 11) is 0.376. The number of hydrogen-bond donors (Lipinski definition) is 0. The van der Waals surface area contributed by atoms with Gasteiger partial charge < -0.3 is 0 Å². The van der Waals surface area contributed by atoms with Crippen LogP contribution in [-0.2, 0) is 9.84 Å². The SMILES string of the molecule is CN(C)N(C(=O)c1cc(-c2ccccc2)nn1-c1ccccc1)C1CCS(=O)(=O)C1. The number of hydrogen-bond acceptors (Lipinski definition) is 5. The molecule has 2 heterocycles. The Morgan fingerprint density at radius 1 is 1.03 bits per heavy atom. The van der Waals surface area contributed by atoms with Gasteiger partial charge in [0.05, 0.1) is 28.9 Å². The molecule has 0 saturated carbocycles. The molecule has 3 aromatic rings. The van der Waals surface area contributed by atoms with Gasteiger partial charge in [0.1, 0.15) is 5.69 Å². The molecule has 0 spiro atoms. The van der Waals surface area contributed by atoms with Gasteiger partial charge in [0.25, 0.3) is 5.91 Å². The number of carbonyl (C=O) groups is 1. The van der Waals surface area contributed by atoms with Crippen molar-refractivity contribution in [3.8, 4) is 16.9 Å². The third kappa shape index (κ3) is 4.01. The van der Waals surface area contributed by atoms with Crippen LogP contribution in [0.5, 0.6) is 0 Å². The molecule has 0 radical (unpaired) electrons. The Bertz CT molecular complexity index is 1140. The zero-order valence-corrected chi connectivity index (χ0v) is 17.8. The topological polar surface area (TPSA) is 75.5 Å². The molecular formula is C22H24N4O3S. The van der Waals surface area contributed by atoms with Crippen molar-refractivity contribution in [2.24, 2.45) is 0 Å². The van der Waals surface area contributed by atoms with Gasteiger partial charge in [-0.15, -0.1) is 0 Å². The van der Waals surface area contributed by atoms with Crippen molar-refractivity contribution in [1.29, 1.82) is 0 Å². The molecule has 30 heavy (non-hydrogen) atoms. The highest BCUT2D eigenvalue weighted by Crippen LogP contribution is 2.25. The predicted octanol–water partition coefficient (Wildman–Crippen LogP) is 2.65. The van der Waals surface area contributed by atoms with Gasteiger partial charge in [0.2, 0.25) is 0 Å². The number of sulfone groups is 1. The molecular weight excluding hydrogens is 400 g/mol. The lowest BCUT2D eigenvalue weighted by Gasteiger charge is -2.33. The largest absolute Gasteiger partial charge is 0.287 e. The van der Waals surface area contributed by atoms with Gasteiger partial charge >= 0.3 is 0 Å². The Morgan fingerprint density at radius 2 is 1.67 bits per heavy atom. The standard InChI is InChI=1S/C22H24N4O3S/c1-24(2)26(19-13-14-30(28,29)16-19)22(27)21-15-20(17-9-5-3-6-10-17)23-25(21)18-11-7-4-8-12-18/h3-12,15,19H,13-14,16H2,1-2H3. The van der Waals surface area contributed by atoms with Crippen LogP contribution in [0, 0.1) is 0 Å². The van der Waals surface area contributed by atoms with Crippen molar-refractivity contribution < 1.29 is 13.2 Å². The molecule has 1 aliphatic heterocycles. The Kier molecular flexibility index (Phi) is 5.44. The van der Waals surface area contributed by atoms with Crippen molar-refractivity contribution in [3.05, 3.63) is 72.4 Å². The normalized spacial score (nSPS) is 17.9. The third-order valence-electron chi connectivity index (χ3n) is 5.19. The van der Waals surface area contributed by atoms with Crippen LogP contribution in [0.2, 0.25) is 0 Å². The number of benzene rings is 2. The molecule has 7 nitrogen and oxygen atoms in total. The van der Waals surface area contributed by atoms with Crippen molar-refractivity contribution >= 4 is 15.7 Å². The first-order chi connectivity index (χ1) is 14.4. The third-order valence-corrected chi connectivity index (χ3v) is 6.94. The van der Waals surface area contributed by atoms with E-state index in [4.69, 9.17) is 5.10 Å². The van der Waals surface area contributed by atoms with E-state index >= 15 is 0 Å². The summed E-state index contributed by atoms with van der Waals surface area (Å²) in [4.78, 5) is 13.7. The van der Waals surface area contributed by atoms with E-state index in [1.165, 1.54) is 5.01 Å². The lowest BCUT2D eigenvalue weighted by Crippen LogP contribution is -2.49. The monoisotopic (exact) mass is 424 g/mol. The highest BCUT2D eigenvalue weighted by molar-refractivity contribution is 7.91. The highest BCUT2D eigenvalue weighted by Gasteiger charge is 2.37. The van der Waals surface area contributed by atoms with E-state index < -0.39 is 15.9 Å². The number of aromatic nitrogens is 2. The molecule has 1 atom stereocenters. The zero-order chi connectivity index (χ0) is 21.3. The van der Waals surface area contributed by atoms with Crippen molar-refractivity contribution in [2.75, 3.05) is 25.6 Å². The molecule has 1 amide bonds. The maximum atomic E-state index is 13.7. The molecule has 1 unspecified atom stereocenters. The fraction of sp³-hybridized carbons (Fsp3) is 0.273. The Morgan fingerprint density at radius 3 is 2.23 bits per heavy atom. The van der Waals surface area contributed by atoms with Gasteiger partial charge in [-0.2, -0.15) is 5.10 Å². The lowest BCUT2D eigenvalue weighted by molar-refractivity contribution is 0.000188. The number of rotatable bonds is 5. The summed E-state index contributed by atoms with van der Waals surface area (Å²) in [5.41, 5.74) is 2.74. The van der Waals surface area contributed by atoms with E-state index in [1.807, 2.05) is 60.7 Å². The summed E-state index contributed by atoms with van der Waals surface area (Å²) in [6.45, 7) is 0. The second-order valence-electron chi connectivity index (χ2n) is 7.58.